The summed E-state index contributed by atoms with van der Waals surface area (Å²) in [4.78, 5) is 31.0. The molecule has 0 radical (unpaired) electrons. The monoisotopic (exact) mass is 403 g/mol. The average molecular weight is 403 g/mol. The molecule has 4 rings (SSSR count). The standard InChI is InChI=1S/C24H25N3O3/c28-23(12-7-18-3-1-13-25-15-18)27(17-22-4-2-14-30-22)16-19-5-8-20(9-6-19)24(29)26-21-10-11-21/h1-6,8-9,13-15,21H,7,10-12,16-17H2,(H,26,29). The number of carbonyl (C=O) groups excluding carboxylic acids is 2. The molecule has 0 unspecified atom stereocenters. The van der Waals surface area contributed by atoms with E-state index in [1.165, 1.54) is 0 Å². The van der Waals surface area contributed by atoms with Gasteiger partial charge in [0.15, 0.2) is 0 Å². The van der Waals surface area contributed by atoms with E-state index in [0.29, 0.717) is 37.5 Å². The van der Waals surface area contributed by atoms with Crippen molar-refractivity contribution in [2.75, 3.05) is 0 Å². The van der Waals surface area contributed by atoms with Crippen molar-refractivity contribution >= 4 is 11.8 Å². The lowest BCUT2D eigenvalue weighted by atomic mass is 10.1. The Hall–Kier alpha value is -3.41. The zero-order valence-electron chi connectivity index (χ0n) is 16.8. The molecule has 1 aliphatic rings. The number of nitrogens with zero attached hydrogens (tertiary/aromatic N) is 2. The lowest BCUT2D eigenvalue weighted by Crippen LogP contribution is -2.30. The maximum Gasteiger partial charge on any atom is 0.251 e. The number of pyridine rings is 1. The molecule has 2 aromatic heterocycles. The SMILES string of the molecule is O=C(NC1CC1)c1ccc(CN(Cc2ccco2)C(=O)CCc2cccnc2)cc1. The van der Waals surface area contributed by atoms with Crippen LogP contribution in [0.4, 0.5) is 0 Å². The van der Waals surface area contributed by atoms with Crippen molar-refractivity contribution in [3.05, 3.63) is 89.6 Å². The van der Waals surface area contributed by atoms with Crippen LogP contribution in [0.3, 0.4) is 0 Å². The predicted octanol–water partition coefficient (Wildman–Crippen LogP) is 3.73. The number of hydrogen-bond donors (Lipinski definition) is 1. The third-order valence-electron chi connectivity index (χ3n) is 5.13. The summed E-state index contributed by atoms with van der Waals surface area (Å²) >= 11 is 0. The zero-order chi connectivity index (χ0) is 20.8. The fourth-order valence-corrected chi connectivity index (χ4v) is 3.26. The smallest absolute Gasteiger partial charge is 0.251 e. The molecule has 3 aromatic rings. The summed E-state index contributed by atoms with van der Waals surface area (Å²) in [6.45, 7) is 0.861. The Kier molecular flexibility index (Phi) is 6.23. The first-order chi connectivity index (χ1) is 14.7. The lowest BCUT2D eigenvalue weighted by molar-refractivity contribution is -0.132. The van der Waals surface area contributed by atoms with Gasteiger partial charge in [-0.3, -0.25) is 14.6 Å². The van der Waals surface area contributed by atoms with Gasteiger partial charge >= 0.3 is 0 Å². The molecule has 0 spiro atoms. The third-order valence-corrected chi connectivity index (χ3v) is 5.13. The first-order valence-electron chi connectivity index (χ1n) is 10.3. The van der Waals surface area contributed by atoms with Crippen molar-refractivity contribution in [2.24, 2.45) is 0 Å². The highest BCUT2D eigenvalue weighted by atomic mass is 16.3. The molecule has 1 fully saturated rings. The van der Waals surface area contributed by atoms with Crippen LogP contribution in [-0.2, 0) is 24.3 Å². The number of amides is 2. The Morgan fingerprint density at radius 2 is 1.87 bits per heavy atom. The Balaban J connectivity index is 1.41. The number of aryl methyl sites for hydroxylation is 1. The fourth-order valence-electron chi connectivity index (χ4n) is 3.26. The molecule has 154 valence electrons. The van der Waals surface area contributed by atoms with Gasteiger partial charge in [0, 0.05) is 37.0 Å². The largest absolute Gasteiger partial charge is 0.467 e. The average Bonchev–Trinajstić information content (AvgIpc) is 3.44. The van der Waals surface area contributed by atoms with Crippen LogP contribution in [0.15, 0.2) is 71.6 Å². The number of rotatable bonds is 9. The number of furan rings is 1. The van der Waals surface area contributed by atoms with Crippen LogP contribution < -0.4 is 5.32 Å². The minimum Gasteiger partial charge on any atom is -0.467 e. The highest BCUT2D eigenvalue weighted by Gasteiger charge is 2.23. The van der Waals surface area contributed by atoms with E-state index < -0.39 is 0 Å². The number of hydrogen-bond acceptors (Lipinski definition) is 4. The summed E-state index contributed by atoms with van der Waals surface area (Å²) in [6, 6.07) is 15.3. The second-order valence-electron chi connectivity index (χ2n) is 7.64. The van der Waals surface area contributed by atoms with E-state index >= 15 is 0 Å². The molecule has 1 saturated carbocycles. The van der Waals surface area contributed by atoms with E-state index in [0.717, 1.165) is 29.7 Å². The number of benzene rings is 1. The van der Waals surface area contributed by atoms with Crippen LogP contribution in [0.1, 0.15) is 46.5 Å². The molecular formula is C24H25N3O3. The maximum absolute atomic E-state index is 13.0. The van der Waals surface area contributed by atoms with Gasteiger partial charge in [-0.25, -0.2) is 0 Å². The molecule has 1 aromatic carbocycles. The fraction of sp³-hybridized carbons (Fsp3) is 0.292. The molecule has 2 amide bonds. The third kappa shape index (κ3) is 5.56. The maximum atomic E-state index is 13.0. The summed E-state index contributed by atoms with van der Waals surface area (Å²) in [5, 5.41) is 2.99. The Morgan fingerprint density at radius 1 is 1.03 bits per heavy atom. The molecule has 0 saturated heterocycles. The van der Waals surface area contributed by atoms with Crippen molar-refractivity contribution in [3.8, 4) is 0 Å². The minimum atomic E-state index is -0.0379. The second kappa shape index (κ2) is 9.39. The quantitative estimate of drug-likeness (QED) is 0.591. The Labute approximate surface area is 175 Å². The van der Waals surface area contributed by atoms with Crippen molar-refractivity contribution in [1.82, 2.24) is 15.2 Å². The minimum absolute atomic E-state index is 0.0379. The first-order valence-corrected chi connectivity index (χ1v) is 10.3. The topological polar surface area (TPSA) is 75.4 Å². The number of carbonyl (C=O) groups is 2. The van der Waals surface area contributed by atoms with E-state index in [-0.39, 0.29) is 11.8 Å². The molecule has 6 heteroatoms. The normalized spacial score (nSPS) is 13.1. The number of nitrogens with one attached hydrogen (secondary N) is 1. The molecule has 0 atom stereocenters. The molecule has 0 bridgehead atoms. The highest BCUT2D eigenvalue weighted by Crippen LogP contribution is 2.20. The van der Waals surface area contributed by atoms with E-state index in [1.54, 1.807) is 23.6 Å². The number of aromatic nitrogens is 1. The van der Waals surface area contributed by atoms with Crippen LogP contribution >= 0.6 is 0 Å². The van der Waals surface area contributed by atoms with Gasteiger partial charge < -0.3 is 14.6 Å². The van der Waals surface area contributed by atoms with Crippen molar-refractivity contribution in [3.63, 3.8) is 0 Å². The van der Waals surface area contributed by atoms with Crippen LogP contribution in [0.5, 0.6) is 0 Å². The summed E-state index contributed by atoms with van der Waals surface area (Å²) < 4.78 is 5.45. The molecule has 30 heavy (non-hydrogen) atoms. The summed E-state index contributed by atoms with van der Waals surface area (Å²) in [6.07, 6.45) is 8.29. The van der Waals surface area contributed by atoms with Crippen LogP contribution in [-0.4, -0.2) is 27.7 Å². The second-order valence-corrected chi connectivity index (χ2v) is 7.64. The Morgan fingerprint density at radius 3 is 2.53 bits per heavy atom. The van der Waals surface area contributed by atoms with Crippen LogP contribution in [0.25, 0.3) is 0 Å². The van der Waals surface area contributed by atoms with E-state index in [9.17, 15) is 9.59 Å². The van der Waals surface area contributed by atoms with E-state index in [2.05, 4.69) is 10.3 Å². The summed E-state index contributed by atoms with van der Waals surface area (Å²) in [7, 11) is 0. The van der Waals surface area contributed by atoms with Gasteiger partial charge in [-0.2, -0.15) is 0 Å². The summed E-state index contributed by atoms with van der Waals surface area (Å²) in [5.41, 5.74) is 2.65. The van der Waals surface area contributed by atoms with Gasteiger partial charge in [-0.1, -0.05) is 18.2 Å². The first kappa shape index (κ1) is 19.9. The summed E-state index contributed by atoms with van der Waals surface area (Å²) in [5.74, 6) is 0.750. The zero-order valence-corrected chi connectivity index (χ0v) is 16.8. The highest BCUT2D eigenvalue weighted by molar-refractivity contribution is 5.94. The predicted molar refractivity (Wildman–Crippen MR) is 112 cm³/mol. The lowest BCUT2D eigenvalue weighted by Gasteiger charge is -2.22. The van der Waals surface area contributed by atoms with Crippen molar-refractivity contribution in [2.45, 2.75) is 44.8 Å². The van der Waals surface area contributed by atoms with Crippen LogP contribution in [0.2, 0.25) is 0 Å². The van der Waals surface area contributed by atoms with E-state index in [1.807, 2.05) is 48.5 Å². The molecule has 2 heterocycles. The van der Waals surface area contributed by atoms with Gasteiger partial charge in [0.1, 0.15) is 5.76 Å². The van der Waals surface area contributed by atoms with Crippen LogP contribution in [0, 0.1) is 0 Å². The Bertz CT molecular complexity index is 965. The van der Waals surface area contributed by atoms with Crippen molar-refractivity contribution in [1.29, 1.82) is 0 Å². The van der Waals surface area contributed by atoms with Gasteiger partial charge in [-0.05, 0) is 60.7 Å². The van der Waals surface area contributed by atoms with Gasteiger partial charge in [0.2, 0.25) is 5.91 Å². The van der Waals surface area contributed by atoms with Gasteiger partial charge in [0.05, 0.1) is 12.8 Å². The van der Waals surface area contributed by atoms with Gasteiger partial charge in [0.25, 0.3) is 5.91 Å². The molecule has 1 aliphatic carbocycles. The molecule has 6 nitrogen and oxygen atoms in total. The molecule has 0 aliphatic heterocycles. The molecular weight excluding hydrogens is 378 g/mol. The van der Waals surface area contributed by atoms with E-state index in [4.69, 9.17) is 4.42 Å². The molecule has 1 N–H and O–H groups in total. The van der Waals surface area contributed by atoms with Gasteiger partial charge in [-0.15, -0.1) is 0 Å². The van der Waals surface area contributed by atoms with Crippen molar-refractivity contribution < 1.29 is 14.0 Å².